The van der Waals surface area contributed by atoms with Gasteiger partial charge in [0.05, 0.1) is 11.1 Å². The lowest BCUT2D eigenvalue weighted by atomic mass is 10.1. The number of halogens is 4. The van der Waals surface area contributed by atoms with Crippen LogP contribution in [-0.2, 0) is 6.18 Å². The van der Waals surface area contributed by atoms with E-state index in [1.54, 1.807) is 30.3 Å². The van der Waals surface area contributed by atoms with E-state index in [0.29, 0.717) is 28.2 Å². The summed E-state index contributed by atoms with van der Waals surface area (Å²) in [5.41, 5.74) is -0.0689. The van der Waals surface area contributed by atoms with Crippen LogP contribution in [0.4, 0.5) is 17.6 Å². The summed E-state index contributed by atoms with van der Waals surface area (Å²) < 4.78 is 54.1. The van der Waals surface area contributed by atoms with Crippen LogP contribution in [0.3, 0.4) is 0 Å². The van der Waals surface area contributed by atoms with Gasteiger partial charge in [0, 0.05) is 23.2 Å². The van der Waals surface area contributed by atoms with Crippen molar-refractivity contribution in [3.63, 3.8) is 0 Å². The number of aromatic nitrogens is 3. The van der Waals surface area contributed by atoms with Crippen LogP contribution >= 0.6 is 0 Å². The Morgan fingerprint density at radius 2 is 1.78 bits per heavy atom. The van der Waals surface area contributed by atoms with E-state index in [-0.39, 0.29) is 11.2 Å². The minimum Gasteiger partial charge on any atom is -0.329 e. The number of fused-ring (bicyclic) bond motifs is 1. The molecule has 1 N–H and O–H groups in total. The van der Waals surface area contributed by atoms with Gasteiger partial charge in [-0.05, 0) is 30.3 Å². The SMILES string of the molecule is O=c1cc(-c2nn(-c3ccc(C(F)(F)F)cc3F)c3ccccc23)cc[nH]1. The van der Waals surface area contributed by atoms with Crippen LogP contribution < -0.4 is 5.56 Å². The number of pyridine rings is 1. The molecule has 0 atom stereocenters. The Labute approximate surface area is 149 Å². The van der Waals surface area contributed by atoms with Gasteiger partial charge in [0.15, 0.2) is 0 Å². The number of nitrogens with zero attached hydrogens (tertiary/aromatic N) is 2. The molecule has 4 aromatic rings. The van der Waals surface area contributed by atoms with Crippen molar-refractivity contribution in [2.45, 2.75) is 6.18 Å². The van der Waals surface area contributed by atoms with Gasteiger partial charge in [0.1, 0.15) is 17.2 Å². The van der Waals surface area contributed by atoms with E-state index in [9.17, 15) is 22.4 Å². The highest BCUT2D eigenvalue weighted by molar-refractivity contribution is 5.94. The van der Waals surface area contributed by atoms with E-state index in [2.05, 4.69) is 10.1 Å². The third-order valence-electron chi connectivity index (χ3n) is 4.14. The molecule has 0 aliphatic rings. The second-order valence-electron chi connectivity index (χ2n) is 5.88. The van der Waals surface area contributed by atoms with E-state index in [1.807, 2.05) is 0 Å². The fourth-order valence-corrected chi connectivity index (χ4v) is 2.91. The van der Waals surface area contributed by atoms with Crippen LogP contribution in [-0.4, -0.2) is 14.8 Å². The quantitative estimate of drug-likeness (QED) is 0.525. The summed E-state index contributed by atoms with van der Waals surface area (Å²) in [6.45, 7) is 0. The number of nitrogens with one attached hydrogen (secondary N) is 1. The van der Waals surface area contributed by atoms with Crippen molar-refractivity contribution < 1.29 is 17.6 Å². The van der Waals surface area contributed by atoms with Crippen LogP contribution in [0.1, 0.15) is 5.56 Å². The molecule has 0 spiro atoms. The monoisotopic (exact) mass is 373 g/mol. The number of aromatic amines is 1. The largest absolute Gasteiger partial charge is 0.416 e. The molecule has 2 aromatic heterocycles. The molecular formula is C19H11F4N3O. The number of alkyl halides is 3. The lowest BCUT2D eigenvalue weighted by Gasteiger charge is -2.10. The summed E-state index contributed by atoms with van der Waals surface area (Å²) in [5.74, 6) is -1.05. The van der Waals surface area contributed by atoms with Crippen molar-refractivity contribution in [3.05, 3.63) is 82.5 Å². The van der Waals surface area contributed by atoms with Gasteiger partial charge in [-0.3, -0.25) is 4.79 Å². The van der Waals surface area contributed by atoms with Crippen LogP contribution in [0.2, 0.25) is 0 Å². The minimum absolute atomic E-state index is 0.115. The normalized spacial score (nSPS) is 11.9. The number of rotatable bonds is 2. The third kappa shape index (κ3) is 2.99. The molecule has 2 aromatic carbocycles. The Morgan fingerprint density at radius 3 is 2.48 bits per heavy atom. The zero-order valence-electron chi connectivity index (χ0n) is 13.6. The Balaban J connectivity index is 1.95. The van der Waals surface area contributed by atoms with Crippen molar-refractivity contribution in [3.8, 4) is 16.9 Å². The summed E-state index contributed by atoms with van der Waals surface area (Å²) in [6.07, 6.45) is -3.17. The maximum atomic E-state index is 14.5. The Hall–Kier alpha value is -3.42. The fraction of sp³-hybridized carbons (Fsp3) is 0.0526. The lowest BCUT2D eigenvalue weighted by Crippen LogP contribution is -2.07. The lowest BCUT2D eigenvalue weighted by molar-refractivity contribution is -0.137. The number of hydrogen-bond donors (Lipinski definition) is 1. The summed E-state index contributed by atoms with van der Waals surface area (Å²) in [7, 11) is 0. The first-order valence-electron chi connectivity index (χ1n) is 7.88. The van der Waals surface area contributed by atoms with Gasteiger partial charge in [0.25, 0.3) is 0 Å². The summed E-state index contributed by atoms with van der Waals surface area (Å²) in [4.78, 5) is 14.1. The highest BCUT2D eigenvalue weighted by atomic mass is 19.4. The van der Waals surface area contributed by atoms with Crippen LogP contribution in [0, 0.1) is 5.82 Å². The maximum absolute atomic E-state index is 14.5. The molecule has 0 saturated heterocycles. The summed E-state index contributed by atoms with van der Waals surface area (Å²) in [5, 5.41) is 5.01. The highest BCUT2D eigenvalue weighted by Crippen LogP contribution is 2.33. The maximum Gasteiger partial charge on any atom is 0.416 e. The van der Waals surface area contributed by atoms with E-state index in [4.69, 9.17) is 0 Å². The molecule has 4 rings (SSSR count). The first-order chi connectivity index (χ1) is 12.8. The van der Waals surface area contributed by atoms with Crippen molar-refractivity contribution >= 4 is 10.9 Å². The van der Waals surface area contributed by atoms with E-state index in [1.165, 1.54) is 16.9 Å². The molecule has 0 fully saturated rings. The molecule has 8 heteroatoms. The van der Waals surface area contributed by atoms with Gasteiger partial charge in [-0.1, -0.05) is 18.2 Å². The van der Waals surface area contributed by atoms with Crippen molar-refractivity contribution in [1.29, 1.82) is 0 Å². The van der Waals surface area contributed by atoms with Crippen LogP contribution in [0.15, 0.2) is 65.6 Å². The molecule has 0 amide bonds. The molecule has 0 saturated carbocycles. The van der Waals surface area contributed by atoms with Gasteiger partial charge in [0.2, 0.25) is 5.56 Å². The molecule has 27 heavy (non-hydrogen) atoms. The number of hydrogen-bond acceptors (Lipinski definition) is 2. The molecular weight excluding hydrogens is 362 g/mol. The zero-order chi connectivity index (χ0) is 19.2. The highest BCUT2D eigenvalue weighted by Gasteiger charge is 2.31. The predicted molar refractivity (Wildman–Crippen MR) is 92.1 cm³/mol. The molecule has 0 aliphatic heterocycles. The topological polar surface area (TPSA) is 50.7 Å². The summed E-state index contributed by atoms with van der Waals surface area (Å²) >= 11 is 0. The number of para-hydroxylation sites is 1. The molecule has 0 aliphatic carbocycles. The van der Waals surface area contributed by atoms with Crippen LogP contribution in [0.5, 0.6) is 0 Å². The summed E-state index contributed by atoms with van der Waals surface area (Å²) in [6, 6.07) is 12.2. The average Bonchev–Trinajstić information content (AvgIpc) is 3.00. The van der Waals surface area contributed by atoms with Gasteiger partial charge >= 0.3 is 6.18 Å². The van der Waals surface area contributed by atoms with Crippen molar-refractivity contribution in [1.82, 2.24) is 14.8 Å². The van der Waals surface area contributed by atoms with Gasteiger partial charge in [-0.25, -0.2) is 9.07 Å². The third-order valence-corrected chi connectivity index (χ3v) is 4.14. The molecule has 4 nitrogen and oxygen atoms in total. The first kappa shape index (κ1) is 17.0. The van der Waals surface area contributed by atoms with E-state index in [0.717, 1.165) is 12.1 Å². The zero-order valence-corrected chi connectivity index (χ0v) is 13.6. The van der Waals surface area contributed by atoms with E-state index < -0.39 is 17.6 Å². The molecule has 0 unspecified atom stereocenters. The molecule has 0 radical (unpaired) electrons. The number of benzene rings is 2. The molecule has 2 heterocycles. The predicted octanol–water partition coefficient (Wildman–Crippen LogP) is 4.54. The smallest absolute Gasteiger partial charge is 0.329 e. The Morgan fingerprint density at radius 1 is 1.00 bits per heavy atom. The standard InChI is InChI=1S/C19H11F4N3O/c20-14-10-12(19(21,22)23)5-6-16(14)26-15-4-2-1-3-13(15)18(25-26)11-7-8-24-17(27)9-11/h1-10H,(H,24,27). The Kier molecular flexibility index (Phi) is 3.83. The second kappa shape index (κ2) is 6.08. The Bertz CT molecular complexity index is 1210. The second-order valence-corrected chi connectivity index (χ2v) is 5.88. The fourth-order valence-electron chi connectivity index (χ4n) is 2.91. The van der Waals surface area contributed by atoms with Crippen molar-refractivity contribution in [2.75, 3.05) is 0 Å². The first-order valence-corrected chi connectivity index (χ1v) is 7.88. The average molecular weight is 373 g/mol. The molecule has 0 bridgehead atoms. The minimum atomic E-state index is -4.64. The van der Waals surface area contributed by atoms with Gasteiger partial charge in [-0.2, -0.15) is 18.3 Å². The van der Waals surface area contributed by atoms with Gasteiger partial charge in [-0.15, -0.1) is 0 Å². The molecule has 136 valence electrons. The van der Waals surface area contributed by atoms with Gasteiger partial charge < -0.3 is 4.98 Å². The van der Waals surface area contributed by atoms with E-state index >= 15 is 0 Å². The van der Waals surface area contributed by atoms with Crippen LogP contribution in [0.25, 0.3) is 27.8 Å². The number of H-pyrrole nitrogens is 1. The van der Waals surface area contributed by atoms with Crippen molar-refractivity contribution in [2.24, 2.45) is 0 Å².